The summed E-state index contributed by atoms with van der Waals surface area (Å²) >= 11 is 0. The Hall–Kier alpha value is -4.15. The Morgan fingerprint density at radius 2 is 1.29 bits per heavy atom. The van der Waals surface area contributed by atoms with Crippen LogP contribution < -0.4 is 22.3 Å². The van der Waals surface area contributed by atoms with E-state index in [4.69, 9.17) is 5.73 Å². The molecule has 0 saturated carbocycles. The topological polar surface area (TPSA) is 144 Å². The second-order valence-corrected chi connectivity index (χ2v) is 13.3. The number of carbonyl (C=O) groups is 1. The highest BCUT2D eigenvalue weighted by molar-refractivity contribution is 5.95. The number of H-pyrrole nitrogens is 1. The fourth-order valence-corrected chi connectivity index (χ4v) is 4.86. The Labute approximate surface area is 267 Å². The summed E-state index contributed by atoms with van der Waals surface area (Å²) in [6.07, 6.45) is 5.76. The van der Waals surface area contributed by atoms with E-state index in [0.717, 1.165) is 27.7 Å². The van der Waals surface area contributed by atoms with Gasteiger partial charge in [-0.3, -0.25) is 14.2 Å². The summed E-state index contributed by atoms with van der Waals surface area (Å²) in [5.41, 5.74) is 8.97. The lowest BCUT2D eigenvalue weighted by Crippen LogP contribution is -2.41. The molecule has 4 heterocycles. The van der Waals surface area contributed by atoms with Crippen molar-refractivity contribution in [3.63, 3.8) is 0 Å². The number of hydrogen-bond acceptors (Lipinski definition) is 7. The molecule has 1 aliphatic rings. The van der Waals surface area contributed by atoms with E-state index >= 15 is 0 Å². The highest BCUT2D eigenvalue weighted by Crippen LogP contribution is 2.26. The molecular weight excluding hydrogens is 568 g/mol. The summed E-state index contributed by atoms with van der Waals surface area (Å²) in [5.74, 6) is 2.50. The number of nitrogens with one attached hydrogen (secondary N) is 2. The summed E-state index contributed by atoms with van der Waals surface area (Å²) in [7, 11) is 0. The van der Waals surface area contributed by atoms with E-state index in [1.165, 1.54) is 0 Å². The summed E-state index contributed by atoms with van der Waals surface area (Å²) in [6.45, 7) is 30.1. The Morgan fingerprint density at radius 3 is 1.76 bits per heavy atom. The van der Waals surface area contributed by atoms with Crippen LogP contribution in [0.3, 0.4) is 0 Å². The number of fused-ring (bicyclic) bond motifs is 1. The van der Waals surface area contributed by atoms with Crippen LogP contribution in [0.2, 0.25) is 0 Å². The number of rotatable bonds is 6. The molecule has 11 nitrogen and oxygen atoms in total. The van der Waals surface area contributed by atoms with Crippen molar-refractivity contribution in [3.8, 4) is 0 Å². The van der Waals surface area contributed by atoms with Gasteiger partial charge in [0.25, 0.3) is 11.5 Å². The zero-order chi connectivity index (χ0) is 34.5. The van der Waals surface area contributed by atoms with Crippen molar-refractivity contribution in [2.75, 3.05) is 5.73 Å². The van der Waals surface area contributed by atoms with Crippen molar-refractivity contribution in [2.45, 2.75) is 120 Å². The van der Waals surface area contributed by atoms with Crippen LogP contribution in [0.25, 0.3) is 11.0 Å². The predicted molar refractivity (Wildman–Crippen MR) is 184 cm³/mol. The highest BCUT2D eigenvalue weighted by Gasteiger charge is 2.24. The normalized spacial score (nSPS) is 13.5. The minimum Gasteiger partial charge on any atom is -0.383 e. The monoisotopic (exact) mass is 622 g/mol. The van der Waals surface area contributed by atoms with Crippen molar-refractivity contribution < 1.29 is 4.79 Å². The average Bonchev–Trinajstić information content (AvgIpc) is 3.29. The first-order chi connectivity index (χ1) is 20.8. The first-order valence-electron chi connectivity index (χ1n) is 15.8. The molecule has 3 aromatic heterocycles. The Kier molecular flexibility index (Phi) is 12.5. The van der Waals surface area contributed by atoms with Gasteiger partial charge in [0.1, 0.15) is 23.1 Å². The molecule has 0 aromatic carbocycles. The second-order valence-electron chi connectivity index (χ2n) is 13.3. The Balaban J connectivity index is 0.000000237. The smallest absolute Gasteiger partial charge is 0.349 e. The number of nitrogens with two attached hydrogens (primary N) is 1. The number of carbonyl (C=O) groups excluding carboxylic acids is 1. The minimum absolute atomic E-state index is 0.0260. The van der Waals surface area contributed by atoms with Crippen LogP contribution in [0.1, 0.15) is 124 Å². The summed E-state index contributed by atoms with van der Waals surface area (Å²) in [6, 6.07) is 0.739. The Bertz CT molecular complexity index is 1650. The molecule has 0 aliphatic carbocycles. The van der Waals surface area contributed by atoms with Gasteiger partial charge in [-0.2, -0.15) is 4.98 Å². The van der Waals surface area contributed by atoms with Gasteiger partial charge >= 0.3 is 5.69 Å². The fourth-order valence-electron chi connectivity index (χ4n) is 4.86. The van der Waals surface area contributed by atoms with Gasteiger partial charge in [-0.15, -0.1) is 0 Å². The number of aryl methyl sites for hydroxylation is 1. The first kappa shape index (κ1) is 37.0. The zero-order valence-electron chi connectivity index (χ0n) is 29.4. The summed E-state index contributed by atoms with van der Waals surface area (Å²) in [5, 5.41) is 3.50. The van der Waals surface area contributed by atoms with E-state index < -0.39 is 0 Å². The number of nitrogens with zero attached hydrogens (tertiary/aromatic N) is 5. The van der Waals surface area contributed by atoms with Gasteiger partial charge in [-0.25, -0.2) is 9.78 Å². The molecule has 45 heavy (non-hydrogen) atoms. The summed E-state index contributed by atoms with van der Waals surface area (Å²) < 4.78 is 3.68. The average molecular weight is 623 g/mol. The van der Waals surface area contributed by atoms with Gasteiger partial charge in [0.15, 0.2) is 0 Å². The molecule has 1 amide bonds. The van der Waals surface area contributed by atoms with Crippen molar-refractivity contribution in [1.29, 1.82) is 0 Å². The van der Waals surface area contributed by atoms with Crippen molar-refractivity contribution >= 4 is 22.8 Å². The number of aromatic amines is 1. The standard InChI is InChI=1S/C13H19N3O.C11H18N2O.C10H17N3O/c1-7(2)10-6-16(8(3)4)12-11(10)13(17)15-9(5)14-12;1-7(2)10-6-13(8(3)4)9(5)12-11(10)14;1-6(2)8-5-13(7(3)4)10(14)12-9(8)11/h6-8H,1-5H3,(H,14,15,17);6-8H,5H2,1-4H3,(H,12,14);5-7H,1-4H3,(H2,11,12,14). The molecule has 1 aliphatic heterocycles. The van der Waals surface area contributed by atoms with Crippen molar-refractivity contribution in [2.24, 2.45) is 5.92 Å². The number of amides is 1. The lowest BCUT2D eigenvalue weighted by molar-refractivity contribution is -0.118. The SMILES string of the molecule is C=C1NC(=O)C(C(C)C)=CN1C(C)C.CC(C)c1cn(C(C)C)c(=O)nc1N.Cc1nc2c(c(C(C)C)cn2C(C)C)c(=O)[nH]1. The lowest BCUT2D eigenvalue weighted by Gasteiger charge is -2.32. The molecule has 248 valence electrons. The molecule has 0 atom stereocenters. The van der Waals surface area contributed by atoms with Gasteiger partial charge in [0, 0.05) is 47.9 Å². The maximum Gasteiger partial charge on any atom is 0.349 e. The molecule has 0 saturated heterocycles. The molecule has 3 aromatic rings. The number of anilines is 1. The van der Waals surface area contributed by atoms with Crippen LogP contribution in [0.5, 0.6) is 0 Å². The Morgan fingerprint density at radius 1 is 0.756 bits per heavy atom. The lowest BCUT2D eigenvalue weighted by atomic mass is 10.0. The third-order valence-electron chi connectivity index (χ3n) is 7.49. The minimum atomic E-state index is -0.276. The fraction of sp³-hybridized carbons (Fsp3) is 0.559. The van der Waals surface area contributed by atoms with E-state index in [1.54, 1.807) is 10.8 Å². The number of hydrogen-bond donors (Lipinski definition) is 3. The van der Waals surface area contributed by atoms with Gasteiger partial charge in [0.05, 0.1) is 5.39 Å². The molecule has 0 radical (unpaired) electrons. The van der Waals surface area contributed by atoms with Gasteiger partial charge in [-0.05, 0) is 71.8 Å². The van der Waals surface area contributed by atoms with E-state index in [1.807, 2.05) is 59.6 Å². The van der Waals surface area contributed by atoms with Gasteiger partial charge in [0.2, 0.25) is 0 Å². The van der Waals surface area contributed by atoms with E-state index in [9.17, 15) is 14.4 Å². The van der Waals surface area contributed by atoms with Crippen LogP contribution in [0.4, 0.5) is 5.82 Å². The maximum absolute atomic E-state index is 12.1. The quantitative estimate of drug-likeness (QED) is 0.301. The van der Waals surface area contributed by atoms with Crippen LogP contribution in [0.15, 0.2) is 46.2 Å². The van der Waals surface area contributed by atoms with E-state index in [2.05, 4.69) is 79.2 Å². The maximum atomic E-state index is 12.1. The molecule has 4 rings (SSSR count). The van der Waals surface area contributed by atoms with Crippen LogP contribution in [-0.2, 0) is 4.79 Å². The first-order valence-corrected chi connectivity index (χ1v) is 15.8. The van der Waals surface area contributed by atoms with Crippen molar-refractivity contribution in [1.82, 2.24) is 34.3 Å². The van der Waals surface area contributed by atoms with E-state index in [0.29, 0.717) is 35.5 Å². The number of nitrogen functional groups attached to an aromatic ring is 1. The number of aromatic nitrogens is 5. The molecular formula is C34H54N8O3. The second kappa shape index (κ2) is 15.2. The largest absolute Gasteiger partial charge is 0.383 e. The molecule has 0 bridgehead atoms. The molecule has 0 spiro atoms. The predicted octanol–water partition coefficient (Wildman–Crippen LogP) is 6.10. The third kappa shape index (κ3) is 8.95. The highest BCUT2D eigenvalue weighted by atomic mass is 16.2. The van der Waals surface area contributed by atoms with Gasteiger partial charge < -0.3 is 25.5 Å². The molecule has 11 heteroatoms. The van der Waals surface area contributed by atoms with Crippen LogP contribution in [0, 0.1) is 12.8 Å². The molecule has 0 fully saturated rings. The molecule has 0 unspecified atom stereocenters. The zero-order valence-corrected chi connectivity index (χ0v) is 29.4. The van der Waals surface area contributed by atoms with Crippen molar-refractivity contribution in [3.05, 3.63) is 74.4 Å². The van der Waals surface area contributed by atoms with Crippen LogP contribution >= 0.6 is 0 Å². The van der Waals surface area contributed by atoms with Crippen LogP contribution in [-0.4, -0.2) is 40.9 Å². The van der Waals surface area contributed by atoms with E-state index in [-0.39, 0.29) is 35.0 Å². The van der Waals surface area contributed by atoms with Gasteiger partial charge in [-0.1, -0.05) is 48.1 Å². The summed E-state index contributed by atoms with van der Waals surface area (Å²) in [4.78, 5) is 48.1. The third-order valence-corrected chi connectivity index (χ3v) is 7.49. The molecule has 4 N–H and O–H groups in total.